The molecule has 0 aliphatic rings. The Balaban J connectivity index is 1.94. The number of rotatable bonds is 3. The van der Waals surface area contributed by atoms with Gasteiger partial charge < -0.3 is 0 Å². The van der Waals surface area contributed by atoms with Crippen LogP contribution < -0.4 is 0 Å². The Bertz CT molecular complexity index is 819. The number of hydrogen-bond donors (Lipinski definition) is 0. The van der Waals surface area contributed by atoms with E-state index in [0.717, 1.165) is 0 Å². The summed E-state index contributed by atoms with van der Waals surface area (Å²) in [6, 6.07) is 24.2. The van der Waals surface area contributed by atoms with E-state index in [1.165, 1.54) is 38.9 Å². The lowest BCUT2D eigenvalue weighted by Gasteiger charge is -2.10. The number of hydrogen-bond acceptors (Lipinski definition) is 0. The number of benzene rings is 3. The minimum absolute atomic E-state index is 1.24. The number of aryl methyl sites for hydroxylation is 2. The monoisotopic (exact) mass is 298 g/mol. The van der Waals surface area contributed by atoms with Gasteiger partial charge in [0.05, 0.1) is 0 Å². The highest BCUT2D eigenvalue weighted by atomic mass is 14.1. The minimum Gasteiger partial charge on any atom is -0.0871 e. The summed E-state index contributed by atoms with van der Waals surface area (Å²) in [6.07, 6.45) is 4.19. The second kappa shape index (κ2) is 6.66. The van der Waals surface area contributed by atoms with Gasteiger partial charge in [-0.15, -0.1) is 0 Å². The van der Waals surface area contributed by atoms with Crippen molar-refractivity contribution < 1.29 is 0 Å². The van der Waals surface area contributed by atoms with Gasteiger partial charge in [0.1, 0.15) is 0 Å². The summed E-state index contributed by atoms with van der Waals surface area (Å²) in [5.41, 5.74) is 8.96. The van der Waals surface area contributed by atoms with Gasteiger partial charge in [0.15, 0.2) is 0 Å². The van der Waals surface area contributed by atoms with Crippen molar-refractivity contribution in [1.29, 1.82) is 0 Å². The predicted octanol–water partition coefficient (Wildman–Crippen LogP) is 6.67. The van der Waals surface area contributed by atoms with Crippen LogP contribution in [0.4, 0.5) is 0 Å². The van der Waals surface area contributed by atoms with Gasteiger partial charge in [0.2, 0.25) is 0 Å². The van der Waals surface area contributed by atoms with Crippen molar-refractivity contribution in [2.75, 3.05) is 0 Å². The van der Waals surface area contributed by atoms with Crippen LogP contribution in [0.15, 0.2) is 72.8 Å². The van der Waals surface area contributed by atoms with Crippen LogP contribution in [0.25, 0.3) is 28.3 Å². The third-order valence-corrected chi connectivity index (χ3v) is 4.19. The van der Waals surface area contributed by atoms with Crippen molar-refractivity contribution >= 4 is 6.08 Å². The third-order valence-electron chi connectivity index (χ3n) is 4.19. The zero-order valence-electron chi connectivity index (χ0n) is 14.0. The van der Waals surface area contributed by atoms with E-state index >= 15 is 0 Å². The maximum atomic E-state index is 2.28. The fourth-order valence-corrected chi connectivity index (χ4v) is 2.88. The zero-order chi connectivity index (χ0) is 16.2. The highest BCUT2D eigenvalue weighted by Crippen LogP contribution is 2.29. The molecule has 0 heteroatoms. The van der Waals surface area contributed by atoms with Crippen molar-refractivity contribution in [3.8, 4) is 22.3 Å². The van der Waals surface area contributed by atoms with E-state index in [4.69, 9.17) is 0 Å². The van der Waals surface area contributed by atoms with Gasteiger partial charge in [-0.25, -0.2) is 0 Å². The fourth-order valence-electron chi connectivity index (χ4n) is 2.88. The Morgan fingerprint density at radius 3 is 1.87 bits per heavy atom. The van der Waals surface area contributed by atoms with Crippen LogP contribution >= 0.6 is 0 Å². The molecule has 114 valence electrons. The second-order valence-electron chi connectivity index (χ2n) is 6.02. The van der Waals surface area contributed by atoms with Gasteiger partial charge in [-0.05, 0) is 54.2 Å². The summed E-state index contributed by atoms with van der Waals surface area (Å²) in [5, 5.41) is 0. The average molecular weight is 298 g/mol. The molecule has 0 nitrogen and oxygen atoms in total. The van der Waals surface area contributed by atoms with Crippen molar-refractivity contribution in [1.82, 2.24) is 0 Å². The SMILES string of the molecule is C/C=C/c1ccc(-c2ccc(-c3ccc(C)cc3)cc2C)cc1. The van der Waals surface area contributed by atoms with E-state index in [2.05, 4.69) is 92.7 Å². The average Bonchev–Trinajstić information content (AvgIpc) is 2.57. The maximum absolute atomic E-state index is 2.28. The molecule has 0 saturated carbocycles. The zero-order valence-corrected chi connectivity index (χ0v) is 14.0. The molecule has 0 unspecified atom stereocenters. The van der Waals surface area contributed by atoms with Crippen molar-refractivity contribution in [3.63, 3.8) is 0 Å². The molecule has 23 heavy (non-hydrogen) atoms. The molecule has 0 amide bonds. The lowest BCUT2D eigenvalue weighted by Crippen LogP contribution is -1.86. The normalized spacial score (nSPS) is 11.1. The van der Waals surface area contributed by atoms with Crippen LogP contribution in [0.3, 0.4) is 0 Å². The third kappa shape index (κ3) is 3.43. The van der Waals surface area contributed by atoms with E-state index in [9.17, 15) is 0 Å². The molecule has 0 bridgehead atoms. The summed E-state index contributed by atoms with van der Waals surface area (Å²) in [4.78, 5) is 0. The van der Waals surface area contributed by atoms with Crippen LogP contribution in [-0.2, 0) is 0 Å². The quantitative estimate of drug-likeness (QED) is 0.506. The molecule has 0 saturated heterocycles. The van der Waals surface area contributed by atoms with Gasteiger partial charge in [-0.2, -0.15) is 0 Å². The van der Waals surface area contributed by atoms with Gasteiger partial charge in [0, 0.05) is 0 Å². The molecule has 3 aromatic carbocycles. The van der Waals surface area contributed by atoms with E-state index < -0.39 is 0 Å². The van der Waals surface area contributed by atoms with Crippen LogP contribution in [0.2, 0.25) is 0 Å². The molecule has 0 aromatic heterocycles. The van der Waals surface area contributed by atoms with Crippen LogP contribution in [0, 0.1) is 13.8 Å². The number of allylic oxidation sites excluding steroid dienone is 1. The Labute approximate surface area is 139 Å². The van der Waals surface area contributed by atoms with Crippen molar-refractivity contribution in [2.24, 2.45) is 0 Å². The molecule has 3 aromatic rings. The highest BCUT2D eigenvalue weighted by molar-refractivity contribution is 5.74. The standard InChI is InChI=1S/C23H22/c1-4-5-19-8-12-21(13-9-19)23-15-14-22(16-18(23)3)20-10-6-17(2)7-11-20/h4-16H,1-3H3/b5-4+. The first-order valence-corrected chi connectivity index (χ1v) is 8.08. The molecule has 0 aliphatic heterocycles. The van der Waals surface area contributed by atoms with Crippen LogP contribution in [0.1, 0.15) is 23.6 Å². The molecular formula is C23H22. The molecule has 0 atom stereocenters. The molecule has 0 N–H and O–H groups in total. The van der Waals surface area contributed by atoms with E-state index in [1.54, 1.807) is 0 Å². The molecule has 3 rings (SSSR count). The molecule has 0 radical (unpaired) electrons. The van der Waals surface area contributed by atoms with E-state index in [-0.39, 0.29) is 0 Å². The summed E-state index contributed by atoms with van der Waals surface area (Å²) in [6.45, 7) is 6.35. The van der Waals surface area contributed by atoms with Gasteiger partial charge >= 0.3 is 0 Å². The molecule has 0 aliphatic carbocycles. The molecule has 0 heterocycles. The summed E-state index contributed by atoms with van der Waals surface area (Å²) < 4.78 is 0. The Morgan fingerprint density at radius 2 is 1.26 bits per heavy atom. The van der Waals surface area contributed by atoms with Crippen molar-refractivity contribution in [3.05, 3.63) is 89.5 Å². The topological polar surface area (TPSA) is 0 Å². The van der Waals surface area contributed by atoms with Gasteiger partial charge in [0.25, 0.3) is 0 Å². The van der Waals surface area contributed by atoms with E-state index in [1.807, 2.05) is 6.92 Å². The maximum Gasteiger partial charge on any atom is -0.0154 e. The second-order valence-corrected chi connectivity index (χ2v) is 6.02. The summed E-state index contributed by atoms with van der Waals surface area (Å²) in [5.74, 6) is 0. The van der Waals surface area contributed by atoms with Gasteiger partial charge in [-0.1, -0.05) is 84.4 Å². The van der Waals surface area contributed by atoms with E-state index in [0.29, 0.717) is 0 Å². The lowest BCUT2D eigenvalue weighted by atomic mass is 9.95. The molecule has 0 spiro atoms. The smallest absolute Gasteiger partial charge is 0.0154 e. The Morgan fingerprint density at radius 1 is 0.652 bits per heavy atom. The van der Waals surface area contributed by atoms with Crippen molar-refractivity contribution in [2.45, 2.75) is 20.8 Å². The first kappa shape index (κ1) is 15.3. The Hall–Kier alpha value is -2.60. The highest BCUT2D eigenvalue weighted by Gasteiger charge is 2.04. The van der Waals surface area contributed by atoms with Crippen LogP contribution in [-0.4, -0.2) is 0 Å². The Kier molecular flexibility index (Phi) is 4.43. The first-order valence-electron chi connectivity index (χ1n) is 8.08. The summed E-state index contributed by atoms with van der Waals surface area (Å²) >= 11 is 0. The minimum atomic E-state index is 1.24. The lowest BCUT2D eigenvalue weighted by molar-refractivity contribution is 1.43. The summed E-state index contributed by atoms with van der Waals surface area (Å²) in [7, 11) is 0. The van der Waals surface area contributed by atoms with Gasteiger partial charge in [-0.3, -0.25) is 0 Å². The first-order chi connectivity index (χ1) is 11.2. The largest absolute Gasteiger partial charge is 0.0871 e. The fraction of sp³-hybridized carbons (Fsp3) is 0.130. The van der Waals surface area contributed by atoms with Crippen LogP contribution in [0.5, 0.6) is 0 Å². The predicted molar refractivity (Wildman–Crippen MR) is 101 cm³/mol. The molecular weight excluding hydrogens is 276 g/mol. The molecule has 0 fully saturated rings.